The molecule has 0 aliphatic heterocycles. The molecule has 0 heterocycles. The van der Waals surface area contributed by atoms with Crippen LogP contribution >= 0.6 is 0 Å². The second-order valence-electron chi connectivity index (χ2n) is 8.25. The maximum absolute atomic E-state index is 13.4. The van der Waals surface area contributed by atoms with Crippen molar-refractivity contribution >= 4 is 0 Å². The molecule has 0 N–H and O–H groups in total. The van der Waals surface area contributed by atoms with Crippen molar-refractivity contribution < 1.29 is 4.39 Å². The maximum Gasteiger partial charge on any atom is 0.100 e. The second-order valence-corrected chi connectivity index (χ2v) is 8.25. The molecule has 0 aromatic rings. The largest absolute Gasteiger partial charge is 0.212 e. The molecule has 0 amide bonds. The summed E-state index contributed by atoms with van der Waals surface area (Å²) in [5.74, 6) is 8.31. The van der Waals surface area contributed by atoms with Crippen LogP contribution in [-0.2, 0) is 0 Å². The molecule has 27 heavy (non-hydrogen) atoms. The molecule has 0 saturated heterocycles. The normalized spacial score (nSPS) is 23.6. The van der Waals surface area contributed by atoms with Gasteiger partial charge in [0.25, 0.3) is 0 Å². The lowest BCUT2D eigenvalue weighted by molar-refractivity contribution is 0.463. The van der Waals surface area contributed by atoms with Crippen LogP contribution in [0.5, 0.6) is 0 Å². The molecular weight excluding hydrogens is 331 g/mol. The summed E-state index contributed by atoms with van der Waals surface area (Å²) in [7, 11) is 0. The number of hydrogen-bond donors (Lipinski definition) is 0. The summed E-state index contributed by atoms with van der Waals surface area (Å²) >= 11 is 0. The summed E-state index contributed by atoms with van der Waals surface area (Å²) in [6, 6.07) is 0. The highest BCUT2D eigenvalue weighted by Gasteiger charge is 2.28. The molecule has 0 radical (unpaired) electrons. The summed E-state index contributed by atoms with van der Waals surface area (Å²) in [6.07, 6.45) is 17.5. The smallest absolute Gasteiger partial charge is 0.100 e. The Balaban J connectivity index is 1.80. The zero-order valence-electron chi connectivity index (χ0n) is 17.2. The molecule has 146 valence electrons. The van der Waals surface area contributed by atoms with Crippen molar-refractivity contribution in [1.29, 1.82) is 0 Å². The zero-order chi connectivity index (χ0) is 19.6. The van der Waals surface area contributed by atoms with E-state index in [4.69, 9.17) is 0 Å². The SMILES string of the molecule is C=C(C)/C=C/CCCCC1C(=C)CCC1C#CC(C)CC1=CCCC(F)=C1. The molecule has 0 nitrogen and oxygen atoms in total. The number of hydrogen-bond acceptors (Lipinski definition) is 0. The monoisotopic (exact) mass is 366 g/mol. The van der Waals surface area contributed by atoms with Gasteiger partial charge in [-0.1, -0.05) is 67.7 Å². The Morgan fingerprint density at radius 3 is 2.93 bits per heavy atom. The van der Waals surface area contributed by atoms with Crippen LogP contribution in [-0.4, -0.2) is 0 Å². The van der Waals surface area contributed by atoms with Gasteiger partial charge in [-0.25, -0.2) is 4.39 Å². The summed E-state index contributed by atoms with van der Waals surface area (Å²) in [6.45, 7) is 12.4. The van der Waals surface area contributed by atoms with Crippen molar-refractivity contribution in [3.63, 3.8) is 0 Å². The van der Waals surface area contributed by atoms with Gasteiger partial charge >= 0.3 is 0 Å². The van der Waals surface area contributed by atoms with Gasteiger partial charge in [0, 0.05) is 18.3 Å². The summed E-state index contributed by atoms with van der Waals surface area (Å²) in [5, 5.41) is 0. The molecule has 1 fully saturated rings. The predicted molar refractivity (Wildman–Crippen MR) is 116 cm³/mol. The molecule has 3 unspecified atom stereocenters. The molecule has 0 spiro atoms. The van der Waals surface area contributed by atoms with Crippen LogP contribution in [0.2, 0.25) is 0 Å². The van der Waals surface area contributed by atoms with Gasteiger partial charge in [-0.3, -0.25) is 0 Å². The van der Waals surface area contributed by atoms with Gasteiger partial charge in [0.2, 0.25) is 0 Å². The first-order chi connectivity index (χ1) is 13.0. The van der Waals surface area contributed by atoms with Crippen molar-refractivity contribution in [1.82, 2.24) is 0 Å². The molecule has 2 aliphatic rings. The van der Waals surface area contributed by atoms with E-state index in [1.807, 2.05) is 6.92 Å². The van der Waals surface area contributed by atoms with Crippen molar-refractivity contribution in [2.75, 3.05) is 0 Å². The van der Waals surface area contributed by atoms with Gasteiger partial charge in [-0.15, -0.1) is 0 Å². The van der Waals surface area contributed by atoms with Gasteiger partial charge in [-0.05, 0) is 69.4 Å². The number of allylic oxidation sites excluding steroid dienone is 8. The highest BCUT2D eigenvalue weighted by Crippen LogP contribution is 2.38. The second kappa shape index (κ2) is 11.1. The zero-order valence-corrected chi connectivity index (χ0v) is 17.2. The third-order valence-electron chi connectivity index (χ3n) is 5.51. The van der Waals surface area contributed by atoms with E-state index in [1.54, 1.807) is 6.08 Å². The Kier molecular flexibility index (Phi) is 8.86. The van der Waals surface area contributed by atoms with Gasteiger partial charge in [0.05, 0.1) is 0 Å². The third-order valence-corrected chi connectivity index (χ3v) is 5.51. The Labute approximate surface area is 166 Å². The standard InChI is InChI=1S/C26H35F/c1-20(2)10-7-5-6-8-13-26-22(4)15-17-24(26)16-14-21(3)18-23-11-9-12-25(27)19-23/h7,10-11,19,21,24,26H,1,4-6,8-9,12-13,15,17-18H2,2-3H3/b10-7+. The van der Waals surface area contributed by atoms with E-state index >= 15 is 0 Å². The summed E-state index contributed by atoms with van der Waals surface area (Å²) in [5.41, 5.74) is 3.61. The first kappa shape index (κ1) is 21.5. The van der Waals surface area contributed by atoms with Gasteiger partial charge in [0.15, 0.2) is 0 Å². The van der Waals surface area contributed by atoms with Gasteiger partial charge in [0.1, 0.15) is 5.83 Å². The molecule has 1 heteroatoms. The lowest BCUT2D eigenvalue weighted by atomic mass is 9.88. The quantitative estimate of drug-likeness (QED) is 0.177. The van der Waals surface area contributed by atoms with E-state index in [9.17, 15) is 4.39 Å². The highest BCUT2D eigenvalue weighted by atomic mass is 19.1. The molecule has 1 saturated carbocycles. The minimum absolute atomic E-state index is 0.0120. The van der Waals surface area contributed by atoms with E-state index < -0.39 is 0 Å². The van der Waals surface area contributed by atoms with Crippen LogP contribution in [0.3, 0.4) is 0 Å². The minimum Gasteiger partial charge on any atom is -0.212 e. The lowest BCUT2D eigenvalue weighted by Crippen LogP contribution is -2.08. The third kappa shape index (κ3) is 7.76. The van der Waals surface area contributed by atoms with E-state index in [2.05, 4.69) is 50.2 Å². The van der Waals surface area contributed by atoms with Crippen LogP contribution in [0.1, 0.15) is 71.6 Å². The summed E-state index contributed by atoms with van der Waals surface area (Å²) < 4.78 is 13.4. The molecule has 3 atom stereocenters. The first-order valence-electron chi connectivity index (χ1n) is 10.5. The average molecular weight is 367 g/mol. The van der Waals surface area contributed by atoms with Gasteiger partial charge in [-0.2, -0.15) is 0 Å². The van der Waals surface area contributed by atoms with Crippen molar-refractivity contribution in [2.24, 2.45) is 17.8 Å². The fourth-order valence-electron chi connectivity index (χ4n) is 4.02. The van der Waals surface area contributed by atoms with Gasteiger partial charge < -0.3 is 0 Å². The van der Waals surface area contributed by atoms with E-state index in [0.717, 1.165) is 43.3 Å². The predicted octanol–water partition coefficient (Wildman–Crippen LogP) is 7.86. The summed E-state index contributed by atoms with van der Waals surface area (Å²) in [4.78, 5) is 0. The van der Waals surface area contributed by atoms with Crippen molar-refractivity contribution in [3.8, 4) is 11.8 Å². The minimum atomic E-state index is 0.0120. The molecule has 0 bridgehead atoms. The fourth-order valence-corrected chi connectivity index (χ4v) is 4.02. The Bertz CT molecular complexity index is 677. The Morgan fingerprint density at radius 1 is 1.37 bits per heavy atom. The molecule has 0 aromatic carbocycles. The van der Waals surface area contributed by atoms with Crippen LogP contribution in [0.4, 0.5) is 4.39 Å². The highest BCUT2D eigenvalue weighted by molar-refractivity contribution is 5.27. The molecule has 2 rings (SSSR count). The van der Waals surface area contributed by atoms with Crippen LogP contribution in [0.25, 0.3) is 0 Å². The topological polar surface area (TPSA) is 0 Å². The van der Waals surface area contributed by atoms with E-state index in [0.29, 0.717) is 18.3 Å². The Hall–Kier alpha value is -1.81. The van der Waals surface area contributed by atoms with Crippen LogP contribution in [0.15, 0.2) is 60.0 Å². The number of rotatable bonds is 8. The number of unbranched alkanes of at least 4 members (excludes halogenated alkanes) is 2. The van der Waals surface area contributed by atoms with Crippen molar-refractivity contribution in [2.45, 2.75) is 71.6 Å². The van der Waals surface area contributed by atoms with Crippen LogP contribution < -0.4 is 0 Å². The number of halogens is 1. The maximum atomic E-state index is 13.4. The molecule has 2 aliphatic carbocycles. The van der Waals surface area contributed by atoms with E-state index in [1.165, 1.54) is 24.8 Å². The van der Waals surface area contributed by atoms with Crippen LogP contribution in [0, 0.1) is 29.6 Å². The lowest BCUT2D eigenvalue weighted by Gasteiger charge is -2.16. The average Bonchev–Trinajstić information content (AvgIpc) is 2.96. The molecular formula is C26H35F. The fraction of sp³-hybridized carbons (Fsp3) is 0.538. The first-order valence-corrected chi connectivity index (χ1v) is 10.5. The van der Waals surface area contributed by atoms with E-state index in [-0.39, 0.29) is 11.7 Å². The van der Waals surface area contributed by atoms with Crippen molar-refractivity contribution in [3.05, 3.63) is 60.0 Å². The molecule has 0 aromatic heterocycles. The Morgan fingerprint density at radius 2 is 2.19 bits per heavy atom.